The Kier molecular flexibility index (Phi) is 5.68. The van der Waals surface area contributed by atoms with Gasteiger partial charge in [-0.15, -0.1) is 0 Å². The largest absolute Gasteiger partial charge is 0.399 e. The number of oxime groups is 1. The average Bonchev–Trinajstić information content (AvgIpc) is 3.61. The van der Waals surface area contributed by atoms with Gasteiger partial charge in [-0.1, -0.05) is 41.6 Å². The molecule has 3 aromatic rings. The molecule has 34 heavy (non-hydrogen) atoms. The van der Waals surface area contributed by atoms with Crippen LogP contribution in [-0.2, 0) is 16.7 Å². The number of rotatable bonds is 7. The van der Waals surface area contributed by atoms with Gasteiger partial charge in [-0.05, 0) is 48.2 Å². The summed E-state index contributed by atoms with van der Waals surface area (Å²) < 4.78 is 0. The Morgan fingerprint density at radius 1 is 0.941 bits per heavy atom. The van der Waals surface area contributed by atoms with Crippen molar-refractivity contribution < 1.29 is 4.84 Å². The number of H-pyrrole nitrogens is 1. The Labute approximate surface area is 201 Å². The number of fused-ring (bicyclic) bond motifs is 1. The predicted molar refractivity (Wildman–Crippen MR) is 140 cm³/mol. The third kappa shape index (κ3) is 3.87. The molecule has 0 amide bonds. The van der Waals surface area contributed by atoms with Crippen LogP contribution >= 0.6 is 0 Å². The molecule has 5 rings (SSSR count). The fraction of sp³-hybridized carbons (Fsp3) is 0.357. The van der Waals surface area contributed by atoms with Gasteiger partial charge in [0, 0.05) is 68.6 Å². The summed E-state index contributed by atoms with van der Waals surface area (Å²) in [7, 11) is 9.90. The SMILES string of the molecule is CON=C(c1n[nH]c2c1C=CC(c1ccc(N(C)C)cc1)(c1ccc(N(C)C)cc1)C2)C1CC1. The van der Waals surface area contributed by atoms with E-state index in [1.807, 2.05) is 0 Å². The molecule has 0 atom stereocenters. The summed E-state index contributed by atoms with van der Waals surface area (Å²) in [4.78, 5) is 9.43. The number of anilines is 2. The Balaban J connectivity index is 1.60. The van der Waals surface area contributed by atoms with Crippen LogP contribution in [0.1, 0.15) is 40.9 Å². The van der Waals surface area contributed by atoms with Crippen LogP contribution in [0, 0.1) is 5.92 Å². The van der Waals surface area contributed by atoms with Gasteiger partial charge >= 0.3 is 0 Å². The molecule has 0 aliphatic heterocycles. The van der Waals surface area contributed by atoms with Crippen LogP contribution in [0.15, 0.2) is 59.8 Å². The lowest BCUT2D eigenvalue weighted by molar-refractivity contribution is 0.212. The first kappa shape index (κ1) is 22.3. The Morgan fingerprint density at radius 3 is 1.97 bits per heavy atom. The molecule has 6 heteroatoms. The minimum atomic E-state index is -0.287. The molecule has 2 aliphatic carbocycles. The normalized spacial score (nSPS) is 16.8. The lowest BCUT2D eigenvalue weighted by atomic mass is 9.68. The van der Waals surface area contributed by atoms with Crippen LogP contribution in [0.2, 0.25) is 0 Å². The Morgan fingerprint density at radius 2 is 1.50 bits per heavy atom. The fourth-order valence-corrected chi connectivity index (χ4v) is 4.90. The van der Waals surface area contributed by atoms with Crippen molar-refractivity contribution in [2.45, 2.75) is 24.7 Å². The molecule has 0 radical (unpaired) electrons. The molecule has 2 aromatic carbocycles. The topological polar surface area (TPSA) is 56.8 Å². The maximum Gasteiger partial charge on any atom is 0.117 e. The molecule has 1 saturated carbocycles. The second kappa shape index (κ2) is 8.67. The zero-order valence-corrected chi connectivity index (χ0v) is 20.7. The van der Waals surface area contributed by atoms with E-state index in [1.165, 1.54) is 22.5 Å². The number of hydrogen-bond acceptors (Lipinski definition) is 5. The third-order valence-electron chi connectivity index (χ3n) is 7.07. The van der Waals surface area contributed by atoms with Crippen LogP contribution in [0.3, 0.4) is 0 Å². The zero-order chi connectivity index (χ0) is 23.9. The number of aromatic nitrogens is 2. The van der Waals surface area contributed by atoms with Crippen molar-refractivity contribution in [2.75, 3.05) is 45.1 Å². The molecule has 1 fully saturated rings. The molecule has 0 spiro atoms. The van der Waals surface area contributed by atoms with Crippen LogP contribution in [-0.4, -0.2) is 51.2 Å². The van der Waals surface area contributed by atoms with E-state index in [4.69, 9.17) is 9.94 Å². The Bertz CT molecular complexity index is 1160. The third-order valence-corrected chi connectivity index (χ3v) is 7.07. The average molecular weight is 456 g/mol. The summed E-state index contributed by atoms with van der Waals surface area (Å²) in [6.07, 6.45) is 7.67. The van der Waals surface area contributed by atoms with Gasteiger partial charge in [-0.25, -0.2) is 0 Å². The van der Waals surface area contributed by atoms with Crippen LogP contribution in [0.5, 0.6) is 0 Å². The van der Waals surface area contributed by atoms with Crippen LogP contribution < -0.4 is 9.80 Å². The Hall–Kier alpha value is -3.54. The van der Waals surface area contributed by atoms with Gasteiger partial charge in [0.2, 0.25) is 0 Å². The molecule has 0 unspecified atom stereocenters. The van der Waals surface area contributed by atoms with Crippen molar-refractivity contribution in [1.82, 2.24) is 10.2 Å². The number of nitrogens with zero attached hydrogens (tertiary/aromatic N) is 4. The minimum Gasteiger partial charge on any atom is -0.399 e. The summed E-state index contributed by atoms with van der Waals surface area (Å²) in [6, 6.07) is 17.8. The van der Waals surface area contributed by atoms with Gasteiger partial charge in [0.1, 0.15) is 18.5 Å². The van der Waals surface area contributed by atoms with E-state index in [2.05, 4.69) is 109 Å². The van der Waals surface area contributed by atoms with Crippen molar-refractivity contribution >= 4 is 23.2 Å². The summed E-state index contributed by atoms with van der Waals surface area (Å²) in [5.41, 5.74) is 8.78. The van der Waals surface area contributed by atoms with Gasteiger partial charge in [0.05, 0.1) is 0 Å². The number of benzene rings is 2. The molecule has 1 heterocycles. The second-order valence-corrected chi connectivity index (χ2v) is 9.76. The first-order valence-corrected chi connectivity index (χ1v) is 11.9. The highest BCUT2D eigenvalue weighted by Crippen LogP contribution is 2.43. The van der Waals surface area contributed by atoms with Crippen molar-refractivity contribution in [3.05, 3.63) is 82.7 Å². The summed E-state index contributed by atoms with van der Waals surface area (Å²) in [5, 5.41) is 12.4. The van der Waals surface area contributed by atoms with Crippen molar-refractivity contribution in [1.29, 1.82) is 0 Å². The van der Waals surface area contributed by atoms with E-state index in [0.717, 1.165) is 41.9 Å². The molecule has 0 saturated heterocycles. The van der Waals surface area contributed by atoms with E-state index < -0.39 is 0 Å². The standard InChI is InChI=1S/C28H33N5O/c1-32(2)22-12-8-20(9-13-22)28(21-10-14-23(15-11-21)33(3)4)17-16-24-25(18-28)29-30-27(24)26(31-34-5)19-6-7-19/h8-17,19H,6-7,18H2,1-5H3,(H,29,30). The van der Waals surface area contributed by atoms with Gasteiger partial charge in [0.15, 0.2) is 0 Å². The highest BCUT2D eigenvalue weighted by atomic mass is 16.6. The molecule has 1 N–H and O–H groups in total. The molecule has 2 aliphatic rings. The lowest BCUT2D eigenvalue weighted by Crippen LogP contribution is -2.31. The van der Waals surface area contributed by atoms with Gasteiger partial charge < -0.3 is 14.6 Å². The smallest absolute Gasteiger partial charge is 0.117 e. The predicted octanol–water partition coefficient (Wildman–Crippen LogP) is 4.86. The zero-order valence-electron chi connectivity index (χ0n) is 20.7. The van der Waals surface area contributed by atoms with Crippen molar-refractivity contribution in [2.24, 2.45) is 11.1 Å². The monoisotopic (exact) mass is 455 g/mol. The van der Waals surface area contributed by atoms with Gasteiger partial charge in [-0.3, -0.25) is 5.10 Å². The van der Waals surface area contributed by atoms with E-state index in [-0.39, 0.29) is 5.41 Å². The summed E-state index contributed by atoms with van der Waals surface area (Å²) in [5.74, 6) is 0.449. The van der Waals surface area contributed by atoms with Crippen molar-refractivity contribution in [3.8, 4) is 0 Å². The summed E-state index contributed by atoms with van der Waals surface area (Å²) >= 11 is 0. The number of allylic oxidation sites excluding steroid dienone is 1. The van der Waals surface area contributed by atoms with Crippen LogP contribution in [0.4, 0.5) is 11.4 Å². The highest BCUT2D eigenvalue weighted by Gasteiger charge is 2.39. The van der Waals surface area contributed by atoms with E-state index in [0.29, 0.717) is 5.92 Å². The second-order valence-electron chi connectivity index (χ2n) is 9.76. The summed E-state index contributed by atoms with van der Waals surface area (Å²) in [6.45, 7) is 0. The maximum absolute atomic E-state index is 5.16. The highest BCUT2D eigenvalue weighted by molar-refractivity contribution is 6.04. The molecular formula is C28H33N5O. The molecule has 176 valence electrons. The first-order valence-electron chi connectivity index (χ1n) is 11.9. The molecule has 1 aromatic heterocycles. The van der Waals surface area contributed by atoms with E-state index >= 15 is 0 Å². The molecule has 6 nitrogen and oxygen atoms in total. The maximum atomic E-state index is 5.16. The van der Waals surface area contributed by atoms with Gasteiger partial charge in [-0.2, -0.15) is 5.10 Å². The first-order chi connectivity index (χ1) is 16.4. The lowest BCUT2D eigenvalue weighted by Gasteiger charge is -2.35. The molecular weight excluding hydrogens is 422 g/mol. The minimum absolute atomic E-state index is 0.287. The van der Waals surface area contributed by atoms with Crippen LogP contribution in [0.25, 0.3) is 6.08 Å². The number of aromatic amines is 1. The van der Waals surface area contributed by atoms with E-state index in [1.54, 1.807) is 7.11 Å². The van der Waals surface area contributed by atoms with Gasteiger partial charge in [0.25, 0.3) is 0 Å². The molecule has 0 bridgehead atoms. The van der Waals surface area contributed by atoms with E-state index in [9.17, 15) is 0 Å². The van der Waals surface area contributed by atoms with Crippen molar-refractivity contribution in [3.63, 3.8) is 0 Å². The fourth-order valence-electron chi connectivity index (χ4n) is 4.90. The number of nitrogens with one attached hydrogen (secondary N) is 1. The quantitative estimate of drug-likeness (QED) is 0.408. The number of hydrogen-bond donors (Lipinski definition) is 1.